The number of nitrogens with zero attached hydrogens (tertiary/aromatic N) is 1. The van der Waals surface area contributed by atoms with Gasteiger partial charge in [0.25, 0.3) is 17.7 Å². The summed E-state index contributed by atoms with van der Waals surface area (Å²) in [7, 11) is 0. The first-order valence-corrected chi connectivity index (χ1v) is 10.5. The summed E-state index contributed by atoms with van der Waals surface area (Å²) in [4.78, 5) is 37.6. The van der Waals surface area contributed by atoms with Gasteiger partial charge in [0.15, 0.2) is 6.61 Å². The highest BCUT2D eigenvalue weighted by atomic mass is 79.9. The Morgan fingerprint density at radius 3 is 2.41 bits per heavy atom. The van der Waals surface area contributed by atoms with E-state index in [9.17, 15) is 14.4 Å². The summed E-state index contributed by atoms with van der Waals surface area (Å²) in [6.07, 6.45) is 1.45. The van der Waals surface area contributed by atoms with Crippen molar-refractivity contribution in [3.8, 4) is 5.75 Å². The van der Waals surface area contributed by atoms with Crippen molar-refractivity contribution in [1.29, 1.82) is 0 Å². The number of nitrogens with one attached hydrogen (secondary N) is 2. The van der Waals surface area contributed by atoms with Crippen LogP contribution in [0.1, 0.15) is 5.56 Å². The topological polar surface area (TPSA) is 87.7 Å². The summed E-state index contributed by atoms with van der Waals surface area (Å²) in [5, 5.41) is 3.94. The lowest BCUT2D eigenvalue weighted by Gasteiger charge is -2.14. The summed E-state index contributed by atoms with van der Waals surface area (Å²) in [6, 6.07) is 23.0. The molecule has 0 radical (unpaired) electrons. The van der Waals surface area contributed by atoms with E-state index in [1.54, 1.807) is 54.6 Å². The first-order chi connectivity index (χ1) is 15.5. The fraction of sp³-hybridized carbons (Fsp3) is 0.0417. The van der Waals surface area contributed by atoms with Crippen molar-refractivity contribution in [2.24, 2.45) is 0 Å². The number of hydrogen-bond acceptors (Lipinski definition) is 4. The Morgan fingerprint density at radius 2 is 1.69 bits per heavy atom. The van der Waals surface area contributed by atoms with Gasteiger partial charge >= 0.3 is 0 Å². The van der Waals surface area contributed by atoms with Gasteiger partial charge in [0.1, 0.15) is 11.3 Å². The SMILES string of the molecule is O=C(COc1ccc(Br)cc1/C=C1/C(=O)NN(c2ccccc2)C1=O)Nc1ccccc1. The zero-order valence-corrected chi connectivity index (χ0v) is 18.3. The monoisotopic (exact) mass is 491 g/mol. The number of carbonyl (C=O) groups excluding carboxylic acids is 3. The van der Waals surface area contributed by atoms with Crippen molar-refractivity contribution in [3.05, 3.63) is 94.5 Å². The molecule has 3 amide bonds. The fourth-order valence-electron chi connectivity index (χ4n) is 3.10. The number of rotatable bonds is 6. The Labute approximate surface area is 192 Å². The van der Waals surface area contributed by atoms with Crippen LogP contribution < -0.4 is 20.5 Å². The van der Waals surface area contributed by atoms with Crippen molar-refractivity contribution in [2.75, 3.05) is 16.9 Å². The lowest BCUT2D eigenvalue weighted by Crippen LogP contribution is -2.35. The Bertz CT molecular complexity index is 1200. The number of anilines is 2. The molecule has 7 nitrogen and oxygen atoms in total. The predicted octanol–water partition coefficient (Wildman–Crippen LogP) is 3.93. The van der Waals surface area contributed by atoms with E-state index < -0.39 is 11.8 Å². The molecule has 32 heavy (non-hydrogen) atoms. The van der Waals surface area contributed by atoms with E-state index in [0.717, 1.165) is 4.47 Å². The van der Waals surface area contributed by atoms with E-state index in [1.807, 2.05) is 24.3 Å². The van der Waals surface area contributed by atoms with Crippen LogP contribution in [0.2, 0.25) is 0 Å². The van der Waals surface area contributed by atoms with Crippen LogP contribution >= 0.6 is 15.9 Å². The Morgan fingerprint density at radius 1 is 1.00 bits per heavy atom. The number of para-hydroxylation sites is 2. The van der Waals surface area contributed by atoms with E-state index in [1.165, 1.54) is 11.1 Å². The van der Waals surface area contributed by atoms with Crippen molar-refractivity contribution < 1.29 is 19.1 Å². The minimum Gasteiger partial charge on any atom is -0.483 e. The molecule has 1 fully saturated rings. The minimum absolute atomic E-state index is 0.0365. The highest BCUT2D eigenvalue weighted by Crippen LogP contribution is 2.28. The van der Waals surface area contributed by atoms with Gasteiger partial charge in [0, 0.05) is 15.7 Å². The number of carbonyl (C=O) groups is 3. The molecule has 1 heterocycles. The zero-order chi connectivity index (χ0) is 22.5. The molecule has 0 unspecified atom stereocenters. The molecule has 0 spiro atoms. The Balaban J connectivity index is 1.53. The number of benzene rings is 3. The second kappa shape index (κ2) is 9.49. The molecule has 1 aliphatic heterocycles. The van der Waals surface area contributed by atoms with Crippen molar-refractivity contribution in [3.63, 3.8) is 0 Å². The summed E-state index contributed by atoms with van der Waals surface area (Å²) in [6.45, 7) is -0.233. The van der Waals surface area contributed by atoms with Crippen LogP contribution in [0.5, 0.6) is 5.75 Å². The summed E-state index contributed by atoms with van der Waals surface area (Å²) < 4.78 is 6.42. The van der Waals surface area contributed by atoms with Crippen molar-refractivity contribution in [2.45, 2.75) is 0 Å². The third kappa shape index (κ3) is 4.87. The number of ether oxygens (including phenoxy) is 1. The quantitative estimate of drug-likeness (QED) is 0.404. The second-order valence-corrected chi connectivity index (χ2v) is 7.78. The highest BCUT2D eigenvalue weighted by Gasteiger charge is 2.34. The first kappa shape index (κ1) is 21.3. The molecule has 4 rings (SSSR count). The lowest BCUT2D eigenvalue weighted by atomic mass is 10.1. The van der Waals surface area contributed by atoms with Gasteiger partial charge in [0.2, 0.25) is 0 Å². The molecule has 2 N–H and O–H groups in total. The van der Waals surface area contributed by atoms with E-state index in [0.29, 0.717) is 22.7 Å². The van der Waals surface area contributed by atoms with E-state index in [-0.39, 0.29) is 18.1 Å². The largest absolute Gasteiger partial charge is 0.483 e. The molecule has 0 atom stereocenters. The van der Waals surface area contributed by atoms with Crippen LogP contribution in [0, 0.1) is 0 Å². The first-order valence-electron chi connectivity index (χ1n) is 9.71. The molecule has 8 heteroatoms. The maximum absolute atomic E-state index is 12.8. The van der Waals surface area contributed by atoms with Gasteiger partial charge in [-0.15, -0.1) is 0 Å². The smallest absolute Gasteiger partial charge is 0.282 e. The molecule has 3 aromatic carbocycles. The molecule has 3 aromatic rings. The maximum Gasteiger partial charge on any atom is 0.282 e. The Kier molecular flexibility index (Phi) is 6.32. The highest BCUT2D eigenvalue weighted by molar-refractivity contribution is 9.10. The molecule has 0 bridgehead atoms. The van der Waals surface area contributed by atoms with E-state index in [4.69, 9.17) is 4.74 Å². The Hall–Kier alpha value is -3.91. The lowest BCUT2D eigenvalue weighted by molar-refractivity contribution is -0.118. The molecule has 0 aromatic heterocycles. The second-order valence-electron chi connectivity index (χ2n) is 6.86. The third-order valence-electron chi connectivity index (χ3n) is 4.59. The molecule has 160 valence electrons. The molecule has 0 aliphatic carbocycles. The van der Waals surface area contributed by atoms with Crippen LogP contribution in [0.25, 0.3) is 6.08 Å². The van der Waals surface area contributed by atoms with Gasteiger partial charge in [-0.3, -0.25) is 19.8 Å². The summed E-state index contributed by atoms with van der Waals surface area (Å²) >= 11 is 3.39. The molecule has 0 saturated carbocycles. The van der Waals surface area contributed by atoms with Crippen LogP contribution in [-0.2, 0) is 14.4 Å². The maximum atomic E-state index is 12.8. The molecular weight excluding hydrogens is 474 g/mol. The third-order valence-corrected chi connectivity index (χ3v) is 5.09. The standard InChI is InChI=1S/C24H18BrN3O4/c25-17-11-12-21(32-15-22(29)26-18-7-3-1-4-8-18)16(13-17)14-20-23(30)27-28(24(20)31)19-9-5-2-6-10-19/h1-14H,15H2,(H,26,29)(H,27,30)/b20-14-. The summed E-state index contributed by atoms with van der Waals surface area (Å²) in [5.74, 6) is -0.967. The molecule has 1 saturated heterocycles. The zero-order valence-electron chi connectivity index (χ0n) is 16.7. The van der Waals surface area contributed by atoms with Crippen molar-refractivity contribution in [1.82, 2.24) is 5.43 Å². The normalized spacial score (nSPS) is 14.4. The van der Waals surface area contributed by atoms with Gasteiger partial charge < -0.3 is 10.1 Å². The molecular formula is C24H18BrN3O4. The van der Waals surface area contributed by atoms with Crippen LogP contribution in [-0.4, -0.2) is 24.3 Å². The van der Waals surface area contributed by atoms with E-state index >= 15 is 0 Å². The van der Waals surface area contributed by atoms with Gasteiger partial charge in [-0.25, -0.2) is 5.01 Å². The van der Waals surface area contributed by atoms with Gasteiger partial charge in [-0.1, -0.05) is 52.3 Å². The average Bonchev–Trinajstić information content (AvgIpc) is 3.08. The predicted molar refractivity (Wildman–Crippen MR) is 125 cm³/mol. The van der Waals surface area contributed by atoms with Gasteiger partial charge in [-0.2, -0.15) is 0 Å². The van der Waals surface area contributed by atoms with E-state index in [2.05, 4.69) is 26.7 Å². The van der Waals surface area contributed by atoms with Crippen LogP contribution in [0.15, 0.2) is 88.9 Å². The minimum atomic E-state index is -0.522. The number of halogens is 1. The average molecular weight is 492 g/mol. The fourth-order valence-corrected chi connectivity index (χ4v) is 3.48. The van der Waals surface area contributed by atoms with Crippen LogP contribution in [0.3, 0.4) is 0 Å². The number of amides is 3. The number of hydrazine groups is 1. The van der Waals surface area contributed by atoms with Gasteiger partial charge in [-0.05, 0) is 48.5 Å². The number of hydrogen-bond donors (Lipinski definition) is 2. The van der Waals surface area contributed by atoms with Crippen molar-refractivity contribution >= 4 is 51.1 Å². The molecule has 1 aliphatic rings. The van der Waals surface area contributed by atoms with Crippen LogP contribution in [0.4, 0.5) is 11.4 Å². The summed E-state index contributed by atoms with van der Waals surface area (Å²) in [5.41, 5.74) is 4.23. The van der Waals surface area contributed by atoms with Gasteiger partial charge in [0.05, 0.1) is 5.69 Å².